The lowest BCUT2D eigenvalue weighted by Gasteiger charge is -2.18. The van der Waals surface area contributed by atoms with Gasteiger partial charge in [0.25, 0.3) is 0 Å². The normalized spacial score (nSPS) is 12.4. The molecule has 2 aromatic rings. The summed E-state index contributed by atoms with van der Waals surface area (Å²) >= 11 is 0. The monoisotopic (exact) mass is 282 g/mol. The summed E-state index contributed by atoms with van der Waals surface area (Å²) < 4.78 is 0. The van der Waals surface area contributed by atoms with Crippen molar-refractivity contribution < 1.29 is 5.11 Å². The molecule has 1 N–H and O–H groups in total. The SMILES string of the molecule is Cc1cccc(CC(CO)Cc2c(C)cc(C)cc2C)c1. The average Bonchev–Trinajstić information content (AvgIpc) is 2.41. The van der Waals surface area contributed by atoms with Crippen molar-refractivity contribution >= 4 is 0 Å². The quantitative estimate of drug-likeness (QED) is 0.866. The van der Waals surface area contributed by atoms with Gasteiger partial charge in [0.2, 0.25) is 0 Å². The first-order valence-electron chi connectivity index (χ1n) is 7.72. The zero-order valence-corrected chi connectivity index (χ0v) is 13.6. The zero-order chi connectivity index (χ0) is 15.4. The third-order valence-electron chi connectivity index (χ3n) is 4.20. The van der Waals surface area contributed by atoms with E-state index in [0.29, 0.717) is 0 Å². The van der Waals surface area contributed by atoms with Crippen molar-refractivity contribution in [2.75, 3.05) is 6.61 Å². The highest BCUT2D eigenvalue weighted by Crippen LogP contribution is 2.22. The maximum absolute atomic E-state index is 9.75. The molecule has 0 bridgehead atoms. The van der Waals surface area contributed by atoms with Crippen LogP contribution in [0.25, 0.3) is 0 Å². The van der Waals surface area contributed by atoms with Crippen LogP contribution < -0.4 is 0 Å². The van der Waals surface area contributed by atoms with E-state index in [1.54, 1.807) is 0 Å². The summed E-state index contributed by atoms with van der Waals surface area (Å²) in [6.07, 6.45) is 1.88. The molecule has 0 aliphatic rings. The highest BCUT2D eigenvalue weighted by molar-refractivity contribution is 5.38. The molecule has 112 valence electrons. The summed E-state index contributed by atoms with van der Waals surface area (Å²) in [5.74, 6) is 0.284. The molecule has 2 aromatic carbocycles. The Morgan fingerprint density at radius 3 is 2.10 bits per heavy atom. The van der Waals surface area contributed by atoms with E-state index in [4.69, 9.17) is 0 Å². The molecular weight excluding hydrogens is 256 g/mol. The van der Waals surface area contributed by atoms with Crippen LogP contribution in [0.4, 0.5) is 0 Å². The van der Waals surface area contributed by atoms with Crippen LogP contribution in [0.15, 0.2) is 36.4 Å². The summed E-state index contributed by atoms with van der Waals surface area (Å²) in [5.41, 5.74) is 7.99. The minimum atomic E-state index is 0.237. The molecule has 0 saturated carbocycles. The average molecular weight is 282 g/mol. The predicted molar refractivity (Wildman–Crippen MR) is 89.8 cm³/mol. The molecule has 0 heterocycles. The lowest BCUT2D eigenvalue weighted by Crippen LogP contribution is -2.14. The van der Waals surface area contributed by atoms with E-state index in [9.17, 15) is 5.11 Å². The molecule has 1 nitrogen and oxygen atoms in total. The topological polar surface area (TPSA) is 20.2 Å². The van der Waals surface area contributed by atoms with E-state index in [1.165, 1.54) is 33.4 Å². The second-order valence-corrected chi connectivity index (χ2v) is 6.32. The summed E-state index contributed by atoms with van der Waals surface area (Å²) in [6, 6.07) is 13.1. The Morgan fingerprint density at radius 2 is 1.52 bits per heavy atom. The number of aliphatic hydroxyl groups is 1. The molecule has 1 atom stereocenters. The molecule has 21 heavy (non-hydrogen) atoms. The van der Waals surface area contributed by atoms with Crippen LogP contribution in [0.2, 0.25) is 0 Å². The molecule has 1 unspecified atom stereocenters. The van der Waals surface area contributed by atoms with E-state index in [1.807, 2.05) is 0 Å². The fourth-order valence-electron chi connectivity index (χ4n) is 3.19. The fourth-order valence-corrected chi connectivity index (χ4v) is 3.19. The van der Waals surface area contributed by atoms with Gasteiger partial charge in [-0.1, -0.05) is 47.5 Å². The van der Waals surface area contributed by atoms with Crippen LogP contribution in [0.3, 0.4) is 0 Å². The van der Waals surface area contributed by atoms with Crippen LogP contribution in [0.5, 0.6) is 0 Å². The van der Waals surface area contributed by atoms with Crippen LogP contribution in [-0.4, -0.2) is 11.7 Å². The van der Waals surface area contributed by atoms with Crippen molar-refractivity contribution in [1.29, 1.82) is 0 Å². The maximum atomic E-state index is 9.75. The van der Waals surface area contributed by atoms with Gasteiger partial charge >= 0.3 is 0 Å². The molecule has 0 aliphatic carbocycles. The van der Waals surface area contributed by atoms with Crippen molar-refractivity contribution in [1.82, 2.24) is 0 Å². The Balaban J connectivity index is 2.16. The van der Waals surface area contributed by atoms with Crippen molar-refractivity contribution in [2.45, 2.75) is 40.5 Å². The molecule has 0 aromatic heterocycles. The van der Waals surface area contributed by atoms with Crippen molar-refractivity contribution in [2.24, 2.45) is 5.92 Å². The molecule has 0 spiro atoms. The number of rotatable bonds is 5. The van der Waals surface area contributed by atoms with Gasteiger partial charge in [-0.05, 0) is 68.7 Å². The van der Waals surface area contributed by atoms with E-state index in [0.717, 1.165) is 12.8 Å². The Morgan fingerprint density at radius 1 is 0.857 bits per heavy atom. The van der Waals surface area contributed by atoms with Gasteiger partial charge in [0.05, 0.1) is 0 Å². The number of hydrogen-bond acceptors (Lipinski definition) is 1. The first kappa shape index (κ1) is 15.8. The van der Waals surface area contributed by atoms with Crippen molar-refractivity contribution in [3.05, 3.63) is 69.8 Å². The van der Waals surface area contributed by atoms with E-state index >= 15 is 0 Å². The first-order valence-corrected chi connectivity index (χ1v) is 7.72. The van der Waals surface area contributed by atoms with Crippen LogP contribution in [0, 0.1) is 33.6 Å². The Hall–Kier alpha value is -1.60. The summed E-state index contributed by atoms with van der Waals surface area (Å²) in [7, 11) is 0. The fraction of sp³-hybridized carbons (Fsp3) is 0.400. The highest BCUT2D eigenvalue weighted by atomic mass is 16.3. The van der Waals surface area contributed by atoms with Crippen LogP contribution in [0.1, 0.15) is 33.4 Å². The summed E-state index contributed by atoms with van der Waals surface area (Å²) in [5, 5.41) is 9.75. The van der Waals surface area contributed by atoms with E-state index in [-0.39, 0.29) is 12.5 Å². The van der Waals surface area contributed by atoms with Gasteiger partial charge in [0.1, 0.15) is 0 Å². The van der Waals surface area contributed by atoms with Gasteiger partial charge in [0.15, 0.2) is 0 Å². The maximum Gasteiger partial charge on any atom is 0.0465 e. The third kappa shape index (κ3) is 4.18. The van der Waals surface area contributed by atoms with E-state index < -0.39 is 0 Å². The van der Waals surface area contributed by atoms with Crippen LogP contribution in [-0.2, 0) is 12.8 Å². The highest BCUT2D eigenvalue weighted by Gasteiger charge is 2.13. The zero-order valence-electron chi connectivity index (χ0n) is 13.6. The molecule has 0 radical (unpaired) electrons. The van der Waals surface area contributed by atoms with E-state index in [2.05, 4.69) is 64.1 Å². The summed E-state index contributed by atoms with van der Waals surface area (Å²) in [4.78, 5) is 0. The summed E-state index contributed by atoms with van der Waals surface area (Å²) in [6.45, 7) is 8.85. The van der Waals surface area contributed by atoms with Gasteiger partial charge in [-0.15, -0.1) is 0 Å². The number of hydrogen-bond donors (Lipinski definition) is 1. The molecular formula is C20H26O. The van der Waals surface area contributed by atoms with Crippen LogP contribution >= 0.6 is 0 Å². The molecule has 2 rings (SSSR count). The Kier molecular flexibility index (Phi) is 5.19. The van der Waals surface area contributed by atoms with Gasteiger partial charge in [-0.3, -0.25) is 0 Å². The number of benzene rings is 2. The second-order valence-electron chi connectivity index (χ2n) is 6.32. The molecule has 0 aliphatic heterocycles. The largest absolute Gasteiger partial charge is 0.396 e. The van der Waals surface area contributed by atoms with Crippen molar-refractivity contribution in [3.63, 3.8) is 0 Å². The molecule has 0 saturated heterocycles. The molecule has 0 amide bonds. The van der Waals surface area contributed by atoms with Gasteiger partial charge in [-0.2, -0.15) is 0 Å². The van der Waals surface area contributed by atoms with Gasteiger partial charge < -0.3 is 5.11 Å². The Labute approximate surface area is 128 Å². The first-order chi connectivity index (χ1) is 9.99. The van der Waals surface area contributed by atoms with Gasteiger partial charge in [0, 0.05) is 6.61 Å². The number of aryl methyl sites for hydroxylation is 4. The predicted octanol–water partition coefficient (Wildman–Crippen LogP) is 4.31. The second kappa shape index (κ2) is 6.91. The molecule has 0 fully saturated rings. The Bertz CT molecular complexity index is 590. The van der Waals surface area contributed by atoms with Crippen molar-refractivity contribution in [3.8, 4) is 0 Å². The standard InChI is InChI=1S/C20H26O/c1-14-6-5-7-18(10-14)11-19(13-21)12-20-16(3)8-15(2)9-17(20)4/h5-10,19,21H,11-13H2,1-4H3. The lowest BCUT2D eigenvalue weighted by atomic mass is 9.88. The number of aliphatic hydroxyl groups excluding tert-OH is 1. The lowest BCUT2D eigenvalue weighted by molar-refractivity contribution is 0.224. The third-order valence-corrected chi connectivity index (χ3v) is 4.20. The minimum Gasteiger partial charge on any atom is -0.396 e. The molecule has 1 heteroatoms. The van der Waals surface area contributed by atoms with Gasteiger partial charge in [-0.25, -0.2) is 0 Å². The minimum absolute atomic E-state index is 0.237. The smallest absolute Gasteiger partial charge is 0.0465 e.